The van der Waals surface area contributed by atoms with Gasteiger partial charge in [-0.2, -0.15) is 5.26 Å². The molecule has 0 N–H and O–H groups in total. The minimum atomic E-state index is -3.64. The van der Waals surface area contributed by atoms with Crippen molar-refractivity contribution in [2.45, 2.75) is 24.8 Å². The first-order valence-corrected chi connectivity index (χ1v) is 12.7. The molecule has 162 valence electrons. The molecule has 31 heavy (non-hydrogen) atoms. The van der Waals surface area contributed by atoms with Crippen molar-refractivity contribution in [2.75, 3.05) is 35.7 Å². The van der Waals surface area contributed by atoms with E-state index in [0.717, 1.165) is 21.6 Å². The lowest BCUT2D eigenvalue weighted by Gasteiger charge is -2.44. The fraction of sp³-hybridized carbons (Fsp3) is 0.364. The molecule has 1 aliphatic heterocycles. The van der Waals surface area contributed by atoms with Crippen LogP contribution in [0, 0.1) is 23.1 Å². The molecule has 6 nitrogen and oxygen atoms in total. The zero-order valence-electron chi connectivity index (χ0n) is 17.5. The maximum absolute atomic E-state index is 14.0. The average Bonchev–Trinajstić information content (AvgIpc) is 3.15. The quantitative estimate of drug-likeness (QED) is 0.587. The van der Waals surface area contributed by atoms with E-state index in [4.69, 9.17) is 10.2 Å². The molecule has 3 aromatic rings. The van der Waals surface area contributed by atoms with Crippen LogP contribution in [-0.4, -0.2) is 45.3 Å². The summed E-state index contributed by atoms with van der Waals surface area (Å²) in [4.78, 5) is 8.92. The third-order valence-electron chi connectivity index (χ3n) is 5.62. The van der Waals surface area contributed by atoms with Gasteiger partial charge in [0, 0.05) is 31.6 Å². The summed E-state index contributed by atoms with van der Waals surface area (Å²) >= 11 is 1.58. The Morgan fingerprint density at radius 1 is 1.23 bits per heavy atom. The third-order valence-corrected chi connectivity index (χ3v) is 7.79. The first-order chi connectivity index (χ1) is 14.7. The van der Waals surface area contributed by atoms with E-state index in [1.807, 2.05) is 12.1 Å². The second-order valence-corrected chi connectivity index (χ2v) is 11.1. The molecule has 0 amide bonds. The van der Waals surface area contributed by atoms with Gasteiger partial charge in [0.25, 0.3) is 0 Å². The topological polar surface area (TPSA) is 77.3 Å². The number of piperazine rings is 1. The van der Waals surface area contributed by atoms with E-state index < -0.39 is 15.7 Å². The molecule has 4 rings (SSSR count). The van der Waals surface area contributed by atoms with Crippen molar-refractivity contribution in [3.8, 4) is 6.07 Å². The molecule has 2 heterocycles. The molecule has 2 aromatic carbocycles. The van der Waals surface area contributed by atoms with E-state index in [0.29, 0.717) is 36.8 Å². The summed E-state index contributed by atoms with van der Waals surface area (Å²) in [6.45, 7) is 6.34. The molecule has 0 bridgehead atoms. The van der Waals surface area contributed by atoms with Crippen molar-refractivity contribution < 1.29 is 12.8 Å². The van der Waals surface area contributed by atoms with E-state index in [9.17, 15) is 12.8 Å². The molecule has 1 saturated heterocycles. The number of halogens is 1. The summed E-state index contributed by atoms with van der Waals surface area (Å²) in [5.41, 5.74) is 2.20. The number of nitrogens with zero attached hydrogens (tertiary/aromatic N) is 4. The molecule has 0 unspecified atom stereocenters. The van der Waals surface area contributed by atoms with Crippen LogP contribution in [0.4, 0.5) is 15.2 Å². The predicted molar refractivity (Wildman–Crippen MR) is 122 cm³/mol. The fourth-order valence-corrected chi connectivity index (χ4v) is 5.78. The van der Waals surface area contributed by atoms with Crippen molar-refractivity contribution in [3.63, 3.8) is 0 Å². The number of aromatic nitrogens is 1. The molecular formula is C22H23FN4O2S2. The Morgan fingerprint density at radius 2 is 2.00 bits per heavy atom. The summed E-state index contributed by atoms with van der Waals surface area (Å²) in [5, 5.41) is 10.1. The minimum Gasteiger partial charge on any atom is -0.368 e. The monoisotopic (exact) mass is 458 g/mol. The maximum atomic E-state index is 14.0. The molecule has 1 fully saturated rings. The van der Waals surface area contributed by atoms with Crippen molar-refractivity contribution in [3.05, 3.63) is 47.8 Å². The number of thiazole rings is 1. The van der Waals surface area contributed by atoms with Gasteiger partial charge < -0.3 is 9.80 Å². The minimum absolute atomic E-state index is 0.150. The SMILES string of the molecule is CC(C)[C@@H]1CN(c2ccc(F)c(S(C)(=O)=O)c2)CCN1c1nc2ccc(C#N)cc2s1. The average molecular weight is 459 g/mol. The highest BCUT2D eigenvalue weighted by molar-refractivity contribution is 7.90. The van der Waals surface area contributed by atoms with Crippen LogP contribution in [0.15, 0.2) is 41.3 Å². The van der Waals surface area contributed by atoms with Crippen LogP contribution in [0.2, 0.25) is 0 Å². The Hall–Kier alpha value is -2.70. The molecule has 0 spiro atoms. The maximum Gasteiger partial charge on any atom is 0.186 e. The second-order valence-electron chi connectivity index (χ2n) is 8.13. The molecule has 9 heteroatoms. The van der Waals surface area contributed by atoms with E-state index in [2.05, 4.69) is 29.7 Å². The zero-order chi connectivity index (χ0) is 22.3. The molecule has 1 atom stereocenters. The number of hydrogen-bond donors (Lipinski definition) is 0. The first kappa shape index (κ1) is 21.5. The van der Waals surface area contributed by atoms with Crippen LogP contribution >= 0.6 is 11.3 Å². The number of benzene rings is 2. The number of rotatable bonds is 4. The van der Waals surface area contributed by atoms with Gasteiger partial charge in [0.1, 0.15) is 10.7 Å². The Labute approximate surface area is 185 Å². The van der Waals surface area contributed by atoms with Crippen LogP contribution in [0.25, 0.3) is 10.2 Å². The van der Waals surface area contributed by atoms with Crippen LogP contribution in [0.3, 0.4) is 0 Å². The van der Waals surface area contributed by atoms with Gasteiger partial charge in [-0.1, -0.05) is 25.2 Å². The largest absolute Gasteiger partial charge is 0.368 e. The van der Waals surface area contributed by atoms with Gasteiger partial charge in [0.05, 0.1) is 27.9 Å². The van der Waals surface area contributed by atoms with Crippen molar-refractivity contribution in [1.29, 1.82) is 5.26 Å². The number of sulfone groups is 1. The Bertz CT molecular complexity index is 1280. The van der Waals surface area contributed by atoms with Gasteiger partial charge in [-0.25, -0.2) is 17.8 Å². The molecule has 1 aromatic heterocycles. The Balaban J connectivity index is 1.64. The highest BCUT2D eigenvalue weighted by Gasteiger charge is 2.32. The van der Waals surface area contributed by atoms with Gasteiger partial charge in [-0.15, -0.1) is 0 Å². The fourth-order valence-electron chi connectivity index (χ4n) is 3.93. The van der Waals surface area contributed by atoms with Crippen molar-refractivity contribution >= 4 is 42.2 Å². The first-order valence-electron chi connectivity index (χ1n) is 9.99. The third kappa shape index (κ3) is 4.23. The van der Waals surface area contributed by atoms with Crippen LogP contribution in [0.1, 0.15) is 19.4 Å². The van der Waals surface area contributed by atoms with E-state index in [1.165, 1.54) is 12.1 Å². The normalized spacial score (nSPS) is 17.4. The van der Waals surface area contributed by atoms with E-state index >= 15 is 0 Å². The summed E-state index contributed by atoms with van der Waals surface area (Å²) in [6, 6.07) is 12.1. The standard InChI is InChI=1S/C22H23FN4O2S2/c1-14(2)19-13-26(16-5-6-17(23)21(11-16)31(3,28)29)8-9-27(19)22-25-18-7-4-15(12-24)10-20(18)30-22/h4-7,10-11,14,19H,8-9,13H2,1-3H3/t19-/m0/s1. The summed E-state index contributed by atoms with van der Waals surface area (Å²) in [6.07, 6.45) is 1.02. The summed E-state index contributed by atoms with van der Waals surface area (Å²) < 4.78 is 38.9. The van der Waals surface area contributed by atoms with Crippen LogP contribution in [0.5, 0.6) is 0 Å². The second kappa shape index (κ2) is 8.09. The van der Waals surface area contributed by atoms with Gasteiger partial charge in [0.15, 0.2) is 15.0 Å². The lowest BCUT2D eigenvalue weighted by Crippen LogP contribution is -2.55. The summed E-state index contributed by atoms with van der Waals surface area (Å²) in [5.74, 6) is -0.407. The lowest BCUT2D eigenvalue weighted by molar-refractivity contribution is 0.418. The van der Waals surface area contributed by atoms with E-state index in [1.54, 1.807) is 23.5 Å². The molecule has 0 radical (unpaired) electrons. The lowest BCUT2D eigenvalue weighted by atomic mass is 9.99. The zero-order valence-corrected chi connectivity index (χ0v) is 19.2. The van der Waals surface area contributed by atoms with Gasteiger partial charge >= 0.3 is 0 Å². The highest BCUT2D eigenvalue weighted by atomic mass is 32.2. The van der Waals surface area contributed by atoms with Gasteiger partial charge in [0.2, 0.25) is 0 Å². The van der Waals surface area contributed by atoms with Crippen molar-refractivity contribution in [2.24, 2.45) is 5.92 Å². The smallest absolute Gasteiger partial charge is 0.186 e. The number of fused-ring (bicyclic) bond motifs is 1. The summed E-state index contributed by atoms with van der Waals surface area (Å²) in [7, 11) is -3.64. The van der Waals surface area contributed by atoms with Gasteiger partial charge in [-0.05, 0) is 42.3 Å². The Morgan fingerprint density at radius 3 is 2.68 bits per heavy atom. The van der Waals surface area contributed by atoms with Crippen molar-refractivity contribution in [1.82, 2.24) is 4.98 Å². The molecular weight excluding hydrogens is 435 g/mol. The molecule has 0 saturated carbocycles. The van der Waals surface area contributed by atoms with E-state index in [-0.39, 0.29) is 10.9 Å². The number of hydrogen-bond acceptors (Lipinski definition) is 7. The highest BCUT2D eigenvalue weighted by Crippen LogP contribution is 2.34. The number of nitriles is 1. The van der Waals surface area contributed by atoms with Crippen LogP contribution in [-0.2, 0) is 9.84 Å². The van der Waals surface area contributed by atoms with Crippen LogP contribution < -0.4 is 9.80 Å². The Kier molecular flexibility index (Phi) is 5.62. The van der Waals surface area contributed by atoms with Gasteiger partial charge in [-0.3, -0.25) is 0 Å². The molecule has 0 aliphatic carbocycles. The number of anilines is 2. The molecule has 1 aliphatic rings. The predicted octanol–water partition coefficient (Wildman–Crippen LogP) is 4.06.